The summed E-state index contributed by atoms with van der Waals surface area (Å²) in [5, 5.41) is 3.65. The van der Waals surface area contributed by atoms with Crippen molar-refractivity contribution in [1.82, 2.24) is 15.2 Å². The molecule has 0 aliphatic carbocycles. The molecule has 1 amide bonds. The number of alkyl halides is 3. The summed E-state index contributed by atoms with van der Waals surface area (Å²) in [6.07, 6.45) is -1.49. The zero-order valence-electron chi connectivity index (χ0n) is 17.2. The number of rotatable bonds is 4. The number of hydrogen-bond acceptors (Lipinski definition) is 4. The summed E-state index contributed by atoms with van der Waals surface area (Å²) < 4.78 is 40.1. The van der Waals surface area contributed by atoms with Gasteiger partial charge < -0.3 is 15.1 Å². The minimum atomic E-state index is -4.45. The van der Waals surface area contributed by atoms with Crippen molar-refractivity contribution in [2.75, 3.05) is 38.1 Å². The first-order valence-electron chi connectivity index (χ1n) is 10.4. The van der Waals surface area contributed by atoms with Gasteiger partial charge in [0.2, 0.25) is 5.91 Å². The van der Waals surface area contributed by atoms with Crippen molar-refractivity contribution in [3.63, 3.8) is 0 Å². The minimum Gasteiger partial charge on any atom is -0.369 e. The average molecular weight is 420 g/mol. The summed E-state index contributed by atoms with van der Waals surface area (Å²) in [5.74, 6) is 0.662. The van der Waals surface area contributed by atoms with Gasteiger partial charge in [-0.1, -0.05) is 6.92 Å². The standard InChI is InChI=1S/C22H27F3N4O/c1-14-11-29(13-18(14)27-20(30)10-15-7-9-28(2)12-15)19-6-5-17(22(23,24)25)21-16(19)4-3-8-26-21/h3-6,8,14-15,18H,7,9-13H2,1-2H3,(H,27,30). The van der Waals surface area contributed by atoms with E-state index in [0.717, 1.165) is 31.3 Å². The van der Waals surface area contributed by atoms with Crippen LogP contribution >= 0.6 is 0 Å². The lowest BCUT2D eigenvalue weighted by Crippen LogP contribution is -2.40. The van der Waals surface area contributed by atoms with E-state index in [9.17, 15) is 18.0 Å². The molecular weight excluding hydrogens is 393 g/mol. The lowest BCUT2D eigenvalue weighted by molar-refractivity contribution is -0.136. The highest BCUT2D eigenvalue weighted by Crippen LogP contribution is 2.38. The van der Waals surface area contributed by atoms with E-state index in [1.807, 2.05) is 0 Å². The van der Waals surface area contributed by atoms with Crippen LogP contribution in [0.4, 0.5) is 18.9 Å². The summed E-state index contributed by atoms with van der Waals surface area (Å²) in [5.41, 5.74) is -0.0272. The molecule has 1 aromatic heterocycles. The van der Waals surface area contributed by atoms with Crippen LogP contribution in [0.25, 0.3) is 10.9 Å². The van der Waals surface area contributed by atoms with Gasteiger partial charge in [0, 0.05) is 43.3 Å². The van der Waals surface area contributed by atoms with E-state index in [1.165, 1.54) is 12.3 Å². The Morgan fingerprint density at radius 3 is 2.73 bits per heavy atom. The molecule has 0 radical (unpaired) electrons. The number of carbonyl (C=O) groups excluding carboxylic acids is 1. The molecule has 0 saturated carbocycles. The topological polar surface area (TPSA) is 48.5 Å². The fraction of sp³-hybridized carbons (Fsp3) is 0.545. The summed E-state index contributed by atoms with van der Waals surface area (Å²) in [6, 6.07) is 5.95. The Balaban J connectivity index is 1.49. The Morgan fingerprint density at radius 2 is 2.03 bits per heavy atom. The van der Waals surface area contributed by atoms with Crippen molar-refractivity contribution in [2.45, 2.75) is 32.0 Å². The molecule has 5 nitrogen and oxygen atoms in total. The van der Waals surface area contributed by atoms with Crippen LogP contribution in [0.15, 0.2) is 30.5 Å². The monoisotopic (exact) mass is 420 g/mol. The predicted molar refractivity (Wildman–Crippen MR) is 110 cm³/mol. The maximum Gasteiger partial charge on any atom is 0.418 e. The number of halogens is 3. The lowest BCUT2D eigenvalue weighted by Gasteiger charge is -2.22. The van der Waals surface area contributed by atoms with Crippen LogP contribution in [0.2, 0.25) is 0 Å². The van der Waals surface area contributed by atoms with Gasteiger partial charge in [0.1, 0.15) is 0 Å². The van der Waals surface area contributed by atoms with Crippen LogP contribution in [0, 0.1) is 11.8 Å². The molecule has 1 aromatic carbocycles. The minimum absolute atomic E-state index is 0.0225. The third kappa shape index (κ3) is 4.24. The molecule has 2 aromatic rings. The quantitative estimate of drug-likeness (QED) is 0.822. The number of amides is 1. The van der Waals surface area contributed by atoms with E-state index >= 15 is 0 Å². The van der Waals surface area contributed by atoms with Gasteiger partial charge in [-0.05, 0) is 56.1 Å². The molecule has 3 unspecified atom stereocenters. The average Bonchev–Trinajstić information content (AvgIpc) is 3.25. The van der Waals surface area contributed by atoms with Gasteiger partial charge >= 0.3 is 6.18 Å². The van der Waals surface area contributed by atoms with Crippen LogP contribution in [0.1, 0.15) is 25.3 Å². The highest BCUT2D eigenvalue weighted by atomic mass is 19.4. The molecule has 0 bridgehead atoms. The Kier molecular flexibility index (Phi) is 5.61. The van der Waals surface area contributed by atoms with Crippen LogP contribution in [0.5, 0.6) is 0 Å². The van der Waals surface area contributed by atoms with Crippen LogP contribution in [0.3, 0.4) is 0 Å². The first-order valence-corrected chi connectivity index (χ1v) is 10.4. The van der Waals surface area contributed by atoms with Crippen molar-refractivity contribution in [3.8, 4) is 0 Å². The summed E-state index contributed by atoms with van der Waals surface area (Å²) in [6.45, 7) is 5.29. The molecule has 2 saturated heterocycles. The summed E-state index contributed by atoms with van der Waals surface area (Å²) >= 11 is 0. The SMILES string of the molecule is CC1CN(c2ccc(C(F)(F)F)c3ncccc23)CC1NC(=O)CC1CCN(C)C1. The zero-order chi connectivity index (χ0) is 21.5. The van der Waals surface area contributed by atoms with Crippen molar-refractivity contribution in [2.24, 2.45) is 11.8 Å². The smallest absolute Gasteiger partial charge is 0.369 e. The van der Waals surface area contributed by atoms with Gasteiger partial charge in [-0.2, -0.15) is 13.2 Å². The van der Waals surface area contributed by atoms with Gasteiger partial charge in [-0.3, -0.25) is 9.78 Å². The lowest BCUT2D eigenvalue weighted by atomic mass is 10.0. The number of hydrogen-bond donors (Lipinski definition) is 1. The van der Waals surface area contributed by atoms with Crippen LogP contribution in [-0.2, 0) is 11.0 Å². The second-order valence-electron chi connectivity index (χ2n) is 8.71. The molecule has 162 valence electrons. The Bertz CT molecular complexity index is 932. The second kappa shape index (κ2) is 8.06. The molecule has 3 atom stereocenters. The third-order valence-corrected chi connectivity index (χ3v) is 6.31. The first kappa shape index (κ1) is 20.9. The van der Waals surface area contributed by atoms with Crippen molar-refractivity contribution >= 4 is 22.5 Å². The molecule has 2 fully saturated rings. The molecule has 1 N–H and O–H groups in total. The van der Waals surface area contributed by atoms with E-state index in [0.29, 0.717) is 30.8 Å². The first-order chi connectivity index (χ1) is 14.2. The van der Waals surface area contributed by atoms with E-state index in [4.69, 9.17) is 0 Å². The van der Waals surface area contributed by atoms with E-state index in [-0.39, 0.29) is 23.4 Å². The Morgan fingerprint density at radius 1 is 1.23 bits per heavy atom. The molecular formula is C22H27F3N4O. The number of pyridine rings is 1. The molecule has 8 heteroatoms. The Hall–Kier alpha value is -2.35. The number of benzene rings is 1. The van der Waals surface area contributed by atoms with Crippen molar-refractivity contribution < 1.29 is 18.0 Å². The molecule has 2 aliphatic heterocycles. The molecule has 4 rings (SSSR count). The van der Waals surface area contributed by atoms with Gasteiger partial charge in [0.25, 0.3) is 0 Å². The zero-order valence-corrected chi connectivity index (χ0v) is 17.2. The predicted octanol–water partition coefficient (Wildman–Crippen LogP) is 3.54. The van der Waals surface area contributed by atoms with Gasteiger partial charge in [-0.15, -0.1) is 0 Å². The van der Waals surface area contributed by atoms with E-state index in [2.05, 4.69) is 34.1 Å². The Labute approximate surface area is 174 Å². The number of anilines is 1. The maximum atomic E-state index is 13.4. The largest absolute Gasteiger partial charge is 0.418 e. The summed E-state index contributed by atoms with van der Waals surface area (Å²) in [4.78, 5) is 20.8. The number of nitrogens with zero attached hydrogens (tertiary/aromatic N) is 3. The van der Waals surface area contributed by atoms with E-state index < -0.39 is 11.7 Å². The number of aromatic nitrogens is 1. The van der Waals surface area contributed by atoms with Gasteiger partial charge in [0.05, 0.1) is 17.1 Å². The number of likely N-dealkylation sites (tertiary alicyclic amines) is 1. The molecule has 2 aliphatic rings. The van der Waals surface area contributed by atoms with Crippen molar-refractivity contribution in [1.29, 1.82) is 0 Å². The highest BCUT2D eigenvalue weighted by Gasteiger charge is 2.36. The fourth-order valence-electron chi connectivity index (χ4n) is 4.73. The number of fused-ring (bicyclic) bond motifs is 1. The summed E-state index contributed by atoms with van der Waals surface area (Å²) in [7, 11) is 2.07. The molecule has 30 heavy (non-hydrogen) atoms. The highest BCUT2D eigenvalue weighted by molar-refractivity contribution is 5.94. The fourth-order valence-corrected chi connectivity index (χ4v) is 4.73. The number of carbonyl (C=O) groups is 1. The number of nitrogens with one attached hydrogen (secondary N) is 1. The van der Waals surface area contributed by atoms with E-state index in [1.54, 1.807) is 12.1 Å². The van der Waals surface area contributed by atoms with Gasteiger partial charge in [-0.25, -0.2) is 0 Å². The van der Waals surface area contributed by atoms with Gasteiger partial charge in [0.15, 0.2) is 0 Å². The third-order valence-electron chi connectivity index (χ3n) is 6.31. The normalized spacial score (nSPS) is 25.2. The van der Waals surface area contributed by atoms with Crippen LogP contribution in [-0.4, -0.2) is 55.1 Å². The maximum absolute atomic E-state index is 13.4. The second-order valence-corrected chi connectivity index (χ2v) is 8.71. The molecule has 3 heterocycles. The van der Waals surface area contributed by atoms with Crippen molar-refractivity contribution in [3.05, 3.63) is 36.0 Å². The van der Waals surface area contributed by atoms with Crippen LogP contribution < -0.4 is 10.2 Å². The molecule has 0 spiro atoms.